The van der Waals surface area contributed by atoms with Gasteiger partial charge in [-0.2, -0.15) is 0 Å². The van der Waals surface area contributed by atoms with E-state index >= 15 is 0 Å². The monoisotopic (exact) mass is 274 g/mol. The molecule has 2 aromatic heterocycles. The van der Waals surface area contributed by atoms with E-state index in [1.54, 1.807) is 17.4 Å². The van der Waals surface area contributed by atoms with Crippen molar-refractivity contribution in [1.29, 1.82) is 0 Å². The molecule has 19 heavy (non-hydrogen) atoms. The fourth-order valence-corrected chi connectivity index (χ4v) is 2.46. The molecule has 0 unspecified atom stereocenters. The lowest BCUT2D eigenvalue weighted by molar-refractivity contribution is 0.0907. The first kappa shape index (κ1) is 12.2. The molecule has 0 aliphatic heterocycles. The van der Waals surface area contributed by atoms with Crippen LogP contribution in [-0.4, -0.2) is 17.1 Å². The molecule has 0 aromatic carbocycles. The molecule has 1 amide bonds. The van der Waals surface area contributed by atoms with Gasteiger partial charge >= 0.3 is 0 Å². The van der Waals surface area contributed by atoms with Crippen LogP contribution in [0.4, 0.5) is 0 Å². The summed E-state index contributed by atoms with van der Waals surface area (Å²) in [4.78, 5) is 13.0. The second kappa shape index (κ2) is 5.40. The smallest absolute Gasteiger partial charge is 0.273 e. The van der Waals surface area contributed by atoms with Crippen LogP contribution in [0.15, 0.2) is 28.1 Å². The Labute approximate surface area is 115 Å². The van der Waals surface area contributed by atoms with Gasteiger partial charge in [0.2, 0.25) is 0 Å². The number of hydrogen-bond donors (Lipinski definition) is 1. The van der Waals surface area contributed by atoms with Gasteiger partial charge in [0.1, 0.15) is 0 Å². The average molecular weight is 274 g/mol. The molecule has 1 fully saturated rings. The second-order valence-corrected chi connectivity index (χ2v) is 5.54. The predicted molar refractivity (Wildman–Crippen MR) is 74.9 cm³/mol. The van der Waals surface area contributed by atoms with Gasteiger partial charge in [-0.25, -0.2) is 0 Å². The summed E-state index contributed by atoms with van der Waals surface area (Å²) in [7, 11) is 0. The van der Waals surface area contributed by atoms with Gasteiger partial charge < -0.3 is 9.84 Å². The molecule has 0 radical (unpaired) electrons. The summed E-state index contributed by atoms with van der Waals surface area (Å²) in [6, 6.07) is 5.98. The summed E-state index contributed by atoms with van der Waals surface area (Å²) in [5.74, 6) is 0.441. The Morgan fingerprint density at radius 1 is 1.47 bits per heavy atom. The number of hydrogen-bond acceptors (Lipinski definition) is 4. The molecule has 98 valence electrons. The maximum absolute atomic E-state index is 11.8. The van der Waals surface area contributed by atoms with Crippen molar-refractivity contribution in [3.63, 3.8) is 0 Å². The zero-order valence-corrected chi connectivity index (χ0v) is 11.2. The summed E-state index contributed by atoms with van der Waals surface area (Å²) in [6.45, 7) is 0. The van der Waals surface area contributed by atoms with E-state index in [9.17, 15) is 4.79 Å². The molecule has 0 bridgehead atoms. The first-order chi connectivity index (χ1) is 9.31. The van der Waals surface area contributed by atoms with Crippen LogP contribution >= 0.6 is 11.3 Å². The van der Waals surface area contributed by atoms with Crippen LogP contribution in [0.5, 0.6) is 0 Å². The predicted octanol–water partition coefficient (Wildman–Crippen LogP) is 3.19. The molecule has 2 heterocycles. The highest BCUT2D eigenvalue weighted by Gasteiger charge is 2.21. The third-order valence-electron chi connectivity index (χ3n) is 3.16. The lowest BCUT2D eigenvalue weighted by Gasteiger charge is -2.25. The summed E-state index contributed by atoms with van der Waals surface area (Å²) >= 11 is 1.65. The zero-order chi connectivity index (χ0) is 13.1. The van der Waals surface area contributed by atoms with Crippen molar-refractivity contribution in [1.82, 2.24) is 10.5 Å². The number of thiophene rings is 1. The van der Waals surface area contributed by atoms with Crippen LogP contribution in [0.3, 0.4) is 0 Å². The minimum atomic E-state index is -0.149. The molecule has 1 N–H and O–H groups in total. The van der Waals surface area contributed by atoms with E-state index in [0.29, 0.717) is 17.5 Å². The van der Waals surface area contributed by atoms with Gasteiger partial charge in [0.05, 0.1) is 0 Å². The Balaban J connectivity index is 1.63. The van der Waals surface area contributed by atoms with Crippen molar-refractivity contribution in [2.75, 3.05) is 0 Å². The van der Waals surface area contributed by atoms with E-state index in [0.717, 1.165) is 17.7 Å². The molecule has 0 atom stereocenters. The lowest BCUT2D eigenvalue weighted by Crippen LogP contribution is -2.39. The molecule has 4 nitrogen and oxygen atoms in total. The topological polar surface area (TPSA) is 55.1 Å². The Morgan fingerprint density at radius 3 is 3.05 bits per heavy atom. The van der Waals surface area contributed by atoms with Gasteiger partial charge in [0.25, 0.3) is 5.91 Å². The number of nitrogens with one attached hydrogen (secondary N) is 1. The highest BCUT2D eigenvalue weighted by atomic mass is 32.1. The van der Waals surface area contributed by atoms with Crippen molar-refractivity contribution >= 4 is 29.4 Å². The van der Waals surface area contributed by atoms with Crippen molar-refractivity contribution in [3.8, 4) is 0 Å². The van der Waals surface area contributed by atoms with E-state index < -0.39 is 0 Å². The summed E-state index contributed by atoms with van der Waals surface area (Å²) in [6.07, 6.45) is 7.08. The van der Waals surface area contributed by atoms with E-state index in [1.807, 2.05) is 29.7 Å². The Kier molecular flexibility index (Phi) is 3.46. The molecule has 0 saturated heterocycles. The first-order valence-corrected chi connectivity index (χ1v) is 7.18. The number of rotatable bonds is 4. The van der Waals surface area contributed by atoms with Gasteiger partial charge in [0.15, 0.2) is 11.5 Å². The van der Waals surface area contributed by atoms with Gasteiger partial charge in [-0.05, 0) is 42.9 Å². The van der Waals surface area contributed by atoms with E-state index in [1.165, 1.54) is 6.42 Å². The van der Waals surface area contributed by atoms with Crippen LogP contribution in [0, 0.1) is 0 Å². The van der Waals surface area contributed by atoms with Crippen LogP contribution in [-0.2, 0) is 0 Å². The van der Waals surface area contributed by atoms with Gasteiger partial charge in [-0.3, -0.25) is 4.79 Å². The normalized spacial score (nSPS) is 15.6. The Hall–Kier alpha value is -1.88. The Bertz CT molecular complexity index is 582. The molecule has 0 spiro atoms. The van der Waals surface area contributed by atoms with Crippen molar-refractivity contribution in [2.24, 2.45) is 0 Å². The molecule has 3 rings (SSSR count). The van der Waals surface area contributed by atoms with E-state index in [2.05, 4.69) is 10.5 Å². The van der Waals surface area contributed by atoms with Crippen LogP contribution in [0.1, 0.15) is 40.4 Å². The van der Waals surface area contributed by atoms with Crippen LogP contribution in [0.25, 0.3) is 12.2 Å². The van der Waals surface area contributed by atoms with Gasteiger partial charge in [-0.1, -0.05) is 11.2 Å². The van der Waals surface area contributed by atoms with E-state index in [4.69, 9.17) is 4.52 Å². The number of nitrogens with zero attached hydrogens (tertiary/aromatic N) is 1. The quantitative estimate of drug-likeness (QED) is 0.931. The second-order valence-electron chi connectivity index (χ2n) is 4.56. The number of aromatic nitrogens is 1. The largest absolute Gasteiger partial charge is 0.356 e. The molecular weight excluding hydrogens is 260 g/mol. The van der Waals surface area contributed by atoms with Crippen molar-refractivity contribution in [3.05, 3.63) is 39.9 Å². The van der Waals surface area contributed by atoms with Crippen LogP contribution < -0.4 is 5.32 Å². The number of carbonyl (C=O) groups excluding carboxylic acids is 1. The first-order valence-electron chi connectivity index (χ1n) is 6.30. The maximum Gasteiger partial charge on any atom is 0.273 e. The SMILES string of the molecule is O=C(NC1CCC1)c1cc(/C=C/c2cccs2)on1. The number of amides is 1. The zero-order valence-electron chi connectivity index (χ0n) is 10.3. The minimum absolute atomic E-state index is 0.149. The number of carbonyl (C=O) groups is 1. The highest BCUT2D eigenvalue weighted by molar-refractivity contribution is 7.10. The third kappa shape index (κ3) is 2.93. The fourth-order valence-electron chi connectivity index (χ4n) is 1.84. The fraction of sp³-hybridized carbons (Fsp3) is 0.286. The standard InChI is InChI=1S/C14H14N2O2S/c17-14(15-10-3-1-4-10)13-9-11(18-16-13)6-7-12-5-2-8-19-12/h2,5-10H,1,3-4H2,(H,15,17)/b7-6+. The summed E-state index contributed by atoms with van der Waals surface area (Å²) in [5, 5.41) is 8.74. The van der Waals surface area contributed by atoms with E-state index in [-0.39, 0.29) is 5.91 Å². The van der Waals surface area contributed by atoms with Gasteiger partial charge in [-0.15, -0.1) is 11.3 Å². The lowest BCUT2D eigenvalue weighted by atomic mass is 9.93. The molecular formula is C14H14N2O2S. The Morgan fingerprint density at radius 2 is 2.37 bits per heavy atom. The van der Waals surface area contributed by atoms with Crippen molar-refractivity contribution < 1.29 is 9.32 Å². The van der Waals surface area contributed by atoms with Crippen LogP contribution in [0.2, 0.25) is 0 Å². The van der Waals surface area contributed by atoms with Gasteiger partial charge in [0, 0.05) is 17.0 Å². The minimum Gasteiger partial charge on any atom is -0.356 e. The average Bonchev–Trinajstić information content (AvgIpc) is 3.01. The molecule has 1 saturated carbocycles. The summed E-state index contributed by atoms with van der Waals surface area (Å²) in [5.41, 5.74) is 0.345. The summed E-state index contributed by atoms with van der Waals surface area (Å²) < 4.78 is 5.12. The molecule has 1 aliphatic rings. The molecule has 1 aliphatic carbocycles. The molecule has 2 aromatic rings. The third-order valence-corrected chi connectivity index (χ3v) is 3.99. The highest BCUT2D eigenvalue weighted by Crippen LogP contribution is 2.19. The molecule has 5 heteroatoms. The maximum atomic E-state index is 11.8. The van der Waals surface area contributed by atoms with Crippen molar-refractivity contribution in [2.45, 2.75) is 25.3 Å².